The van der Waals surface area contributed by atoms with Crippen molar-refractivity contribution in [1.82, 2.24) is 15.2 Å². The van der Waals surface area contributed by atoms with Crippen LogP contribution in [-0.4, -0.2) is 15.2 Å². The second-order valence-corrected chi connectivity index (χ2v) is 7.21. The Bertz CT molecular complexity index is 880. The monoisotopic (exact) mass is 338 g/mol. The molecule has 1 saturated carbocycles. The molecule has 0 radical (unpaired) electrons. The van der Waals surface area contributed by atoms with Crippen LogP contribution in [0.15, 0.2) is 36.5 Å². The maximum atomic E-state index is 13.7. The molecule has 3 aromatic rings. The highest BCUT2D eigenvalue weighted by Gasteiger charge is 2.28. The fraction of sp³-hybridized carbons (Fsp3) is 0.400. The summed E-state index contributed by atoms with van der Waals surface area (Å²) in [5.74, 6) is 1.89. The first-order valence-corrected chi connectivity index (χ1v) is 8.97. The summed E-state index contributed by atoms with van der Waals surface area (Å²) in [7, 11) is 0. The second kappa shape index (κ2) is 6.47. The molecular formula is C20H23FN4. The van der Waals surface area contributed by atoms with Crippen molar-refractivity contribution in [2.45, 2.75) is 44.4 Å². The molecule has 130 valence electrons. The zero-order chi connectivity index (χ0) is 17.4. The van der Waals surface area contributed by atoms with Gasteiger partial charge in [0, 0.05) is 29.3 Å². The molecule has 0 aliphatic heterocycles. The molecule has 1 aromatic carbocycles. The highest BCUT2D eigenvalue weighted by Crippen LogP contribution is 2.42. The van der Waals surface area contributed by atoms with Gasteiger partial charge < -0.3 is 5.73 Å². The van der Waals surface area contributed by atoms with E-state index in [4.69, 9.17) is 5.73 Å². The quantitative estimate of drug-likeness (QED) is 0.723. The Balaban J connectivity index is 1.51. The van der Waals surface area contributed by atoms with Gasteiger partial charge in [-0.05, 0) is 67.3 Å². The number of halogens is 1. The van der Waals surface area contributed by atoms with Crippen molar-refractivity contribution in [3.63, 3.8) is 0 Å². The molecule has 4 rings (SSSR count). The molecule has 1 atom stereocenters. The largest absolute Gasteiger partial charge is 0.382 e. The van der Waals surface area contributed by atoms with E-state index in [-0.39, 0.29) is 5.82 Å². The van der Waals surface area contributed by atoms with Crippen LogP contribution in [0.4, 0.5) is 10.2 Å². The topological polar surface area (TPSA) is 67.6 Å². The van der Waals surface area contributed by atoms with Crippen LogP contribution >= 0.6 is 0 Å². The van der Waals surface area contributed by atoms with Crippen LogP contribution in [0.25, 0.3) is 10.9 Å². The van der Waals surface area contributed by atoms with Gasteiger partial charge in [-0.25, -0.2) is 4.39 Å². The van der Waals surface area contributed by atoms with E-state index in [9.17, 15) is 4.39 Å². The smallest absolute Gasteiger partial charge is 0.145 e. The minimum absolute atomic E-state index is 0.194. The lowest BCUT2D eigenvalue weighted by atomic mass is 9.73. The first-order chi connectivity index (χ1) is 12.1. The van der Waals surface area contributed by atoms with Gasteiger partial charge in [0.1, 0.15) is 11.6 Å². The summed E-state index contributed by atoms with van der Waals surface area (Å²) < 4.78 is 13.7. The van der Waals surface area contributed by atoms with Crippen molar-refractivity contribution in [3.05, 3.63) is 53.6 Å². The van der Waals surface area contributed by atoms with E-state index < -0.39 is 0 Å². The number of benzene rings is 1. The number of nitrogens with two attached hydrogens (primary N) is 1. The molecule has 1 aliphatic carbocycles. The molecule has 0 saturated heterocycles. The minimum atomic E-state index is -0.194. The number of hydrogen-bond acceptors (Lipinski definition) is 3. The van der Waals surface area contributed by atoms with E-state index in [0.29, 0.717) is 23.6 Å². The lowest BCUT2D eigenvalue weighted by Gasteiger charge is -2.32. The van der Waals surface area contributed by atoms with Crippen LogP contribution in [-0.2, 0) is 0 Å². The molecule has 2 aromatic heterocycles. The lowest BCUT2D eigenvalue weighted by molar-refractivity contribution is 0.288. The molecule has 0 bridgehead atoms. The second-order valence-electron chi connectivity index (χ2n) is 7.21. The zero-order valence-electron chi connectivity index (χ0n) is 14.4. The standard InChI is InChI=1S/C20H23FN4/c1-12(19-11-20(22)25-24-19)13-2-4-14(5-3-13)16-8-9-23-18-7-6-15(21)10-17(16)18/h6-14H,2-5H2,1H3,(H3,22,24,25). The van der Waals surface area contributed by atoms with Crippen molar-refractivity contribution in [2.24, 2.45) is 5.92 Å². The maximum Gasteiger partial charge on any atom is 0.145 e. The maximum absolute atomic E-state index is 13.7. The van der Waals surface area contributed by atoms with E-state index in [0.717, 1.165) is 42.3 Å². The molecule has 4 nitrogen and oxygen atoms in total. The average Bonchev–Trinajstić information content (AvgIpc) is 3.07. The lowest BCUT2D eigenvalue weighted by Crippen LogP contribution is -2.18. The van der Waals surface area contributed by atoms with Crippen molar-refractivity contribution in [1.29, 1.82) is 0 Å². The predicted molar refractivity (Wildman–Crippen MR) is 97.8 cm³/mol. The number of pyridine rings is 1. The van der Waals surface area contributed by atoms with Gasteiger partial charge in [-0.15, -0.1) is 0 Å². The van der Waals surface area contributed by atoms with Gasteiger partial charge in [0.25, 0.3) is 0 Å². The molecule has 1 unspecified atom stereocenters. The molecule has 1 fully saturated rings. The average molecular weight is 338 g/mol. The van der Waals surface area contributed by atoms with Crippen LogP contribution in [0.5, 0.6) is 0 Å². The fourth-order valence-electron chi connectivity index (χ4n) is 4.27. The predicted octanol–water partition coefficient (Wildman–Crippen LogP) is 4.76. The van der Waals surface area contributed by atoms with Gasteiger partial charge in [-0.3, -0.25) is 10.1 Å². The number of nitrogen functional groups attached to an aromatic ring is 1. The van der Waals surface area contributed by atoms with Crippen molar-refractivity contribution < 1.29 is 4.39 Å². The van der Waals surface area contributed by atoms with E-state index in [1.807, 2.05) is 12.3 Å². The van der Waals surface area contributed by atoms with Crippen LogP contribution in [0.3, 0.4) is 0 Å². The highest BCUT2D eigenvalue weighted by molar-refractivity contribution is 5.82. The normalized spacial score (nSPS) is 22.2. The molecule has 1 aliphatic rings. The minimum Gasteiger partial charge on any atom is -0.382 e. The van der Waals surface area contributed by atoms with Crippen LogP contribution in [0.2, 0.25) is 0 Å². The van der Waals surface area contributed by atoms with Gasteiger partial charge in [-0.1, -0.05) is 6.92 Å². The summed E-state index contributed by atoms with van der Waals surface area (Å²) in [6.45, 7) is 2.25. The number of aromatic nitrogens is 3. The van der Waals surface area contributed by atoms with E-state index in [1.54, 1.807) is 12.1 Å². The molecule has 3 N–H and O–H groups in total. The number of nitrogens with zero attached hydrogens (tertiary/aromatic N) is 2. The van der Waals surface area contributed by atoms with Gasteiger partial charge >= 0.3 is 0 Å². The number of fused-ring (bicyclic) bond motifs is 1. The molecular weight excluding hydrogens is 315 g/mol. The summed E-state index contributed by atoms with van der Waals surface area (Å²) in [6, 6.07) is 8.87. The van der Waals surface area contributed by atoms with E-state index in [1.165, 1.54) is 11.6 Å². The number of H-pyrrole nitrogens is 1. The van der Waals surface area contributed by atoms with E-state index in [2.05, 4.69) is 28.2 Å². The first-order valence-electron chi connectivity index (χ1n) is 8.97. The molecule has 0 spiro atoms. The number of hydrogen-bond donors (Lipinski definition) is 2. The van der Waals surface area contributed by atoms with Gasteiger partial charge in [-0.2, -0.15) is 5.10 Å². The van der Waals surface area contributed by atoms with Crippen LogP contribution in [0.1, 0.15) is 55.7 Å². The summed E-state index contributed by atoms with van der Waals surface area (Å²) in [5, 5.41) is 8.06. The first kappa shape index (κ1) is 16.1. The molecule has 0 amide bonds. The number of rotatable bonds is 3. The summed E-state index contributed by atoms with van der Waals surface area (Å²) >= 11 is 0. The number of anilines is 1. The molecule has 5 heteroatoms. The summed E-state index contributed by atoms with van der Waals surface area (Å²) in [4.78, 5) is 4.37. The Morgan fingerprint density at radius 3 is 2.68 bits per heavy atom. The number of nitrogens with one attached hydrogen (secondary N) is 1. The van der Waals surface area contributed by atoms with Crippen molar-refractivity contribution in [3.8, 4) is 0 Å². The van der Waals surface area contributed by atoms with Gasteiger partial charge in [0.2, 0.25) is 0 Å². The zero-order valence-corrected chi connectivity index (χ0v) is 14.4. The van der Waals surface area contributed by atoms with Gasteiger partial charge in [0.15, 0.2) is 0 Å². The van der Waals surface area contributed by atoms with Gasteiger partial charge in [0.05, 0.1) is 5.52 Å². The highest BCUT2D eigenvalue weighted by atomic mass is 19.1. The third-order valence-corrected chi connectivity index (χ3v) is 5.76. The summed E-state index contributed by atoms with van der Waals surface area (Å²) in [6.07, 6.45) is 6.40. The van der Waals surface area contributed by atoms with E-state index >= 15 is 0 Å². The molecule has 25 heavy (non-hydrogen) atoms. The Labute approximate surface area is 146 Å². The Morgan fingerprint density at radius 1 is 1.16 bits per heavy atom. The fourth-order valence-corrected chi connectivity index (χ4v) is 4.27. The molecule has 2 heterocycles. The Hall–Kier alpha value is -2.43. The van der Waals surface area contributed by atoms with Crippen molar-refractivity contribution in [2.75, 3.05) is 5.73 Å². The van der Waals surface area contributed by atoms with Crippen LogP contribution < -0.4 is 5.73 Å². The Morgan fingerprint density at radius 2 is 1.96 bits per heavy atom. The van der Waals surface area contributed by atoms with Crippen molar-refractivity contribution >= 4 is 16.7 Å². The number of aromatic amines is 1. The SMILES string of the molecule is CC(c1cc(N)n[nH]1)C1CCC(c2ccnc3ccc(F)cc23)CC1. The van der Waals surface area contributed by atoms with Crippen LogP contribution in [0, 0.1) is 11.7 Å². The summed E-state index contributed by atoms with van der Waals surface area (Å²) in [5.41, 5.74) is 8.97. The third-order valence-electron chi connectivity index (χ3n) is 5.76. The third kappa shape index (κ3) is 3.11. The Kier molecular flexibility index (Phi) is 4.15.